The Kier molecular flexibility index (Phi) is 4.35. The number of rotatable bonds is 5. The van der Waals surface area contributed by atoms with Crippen LogP contribution in [0.15, 0.2) is 48.5 Å². The first kappa shape index (κ1) is 13.3. The summed E-state index contributed by atoms with van der Waals surface area (Å²) in [6, 6.07) is 16.0. The third-order valence-corrected chi connectivity index (χ3v) is 3.25. The van der Waals surface area contributed by atoms with Crippen molar-refractivity contribution in [3.8, 4) is 5.75 Å². The number of benzene rings is 2. The maximum Gasteiger partial charge on any atom is 0.127 e. The molecule has 0 aromatic heterocycles. The zero-order valence-electron chi connectivity index (χ0n) is 11.3. The summed E-state index contributed by atoms with van der Waals surface area (Å²) in [5.74, 6) is 0.746. The van der Waals surface area contributed by atoms with Gasteiger partial charge in [0.1, 0.15) is 12.0 Å². The second-order valence-electron chi connectivity index (χ2n) is 4.71. The third kappa shape index (κ3) is 3.44. The van der Waals surface area contributed by atoms with Gasteiger partial charge in [-0.25, -0.2) is 0 Å². The summed E-state index contributed by atoms with van der Waals surface area (Å²) in [5.41, 5.74) is 3.39. The molecule has 0 radical (unpaired) electrons. The Hall–Kier alpha value is -2.09. The normalized spacial score (nSPS) is 11.9. The Balaban J connectivity index is 2.16. The number of hydrogen-bond donors (Lipinski definition) is 0. The summed E-state index contributed by atoms with van der Waals surface area (Å²) >= 11 is 0. The lowest BCUT2D eigenvalue weighted by molar-refractivity contribution is -0.109. The van der Waals surface area contributed by atoms with Gasteiger partial charge in [-0.05, 0) is 36.6 Å². The van der Waals surface area contributed by atoms with Crippen molar-refractivity contribution >= 4 is 6.29 Å². The van der Waals surface area contributed by atoms with E-state index in [1.54, 1.807) is 7.11 Å². The highest BCUT2D eigenvalue weighted by molar-refractivity contribution is 5.63. The first-order chi connectivity index (χ1) is 9.22. The lowest BCUT2D eigenvalue weighted by Crippen LogP contribution is -2.04. The monoisotopic (exact) mass is 254 g/mol. The molecule has 0 amide bonds. The molecule has 0 spiro atoms. The second kappa shape index (κ2) is 6.19. The van der Waals surface area contributed by atoms with E-state index in [9.17, 15) is 4.79 Å². The Morgan fingerprint density at radius 3 is 2.47 bits per heavy atom. The van der Waals surface area contributed by atoms with Crippen LogP contribution in [0.1, 0.15) is 22.6 Å². The van der Waals surface area contributed by atoms with Crippen molar-refractivity contribution in [1.82, 2.24) is 0 Å². The number of ether oxygens (including phenoxy) is 1. The summed E-state index contributed by atoms with van der Waals surface area (Å²) in [6.45, 7) is 2.04. The fourth-order valence-corrected chi connectivity index (χ4v) is 2.16. The van der Waals surface area contributed by atoms with E-state index in [1.165, 1.54) is 5.56 Å². The molecule has 0 heterocycles. The molecule has 0 aliphatic carbocycles. The highest BCUT2D eigenvalue weighted by atomic mass is 16.5. The van der Waals surface area contributed by atoms with E-state index in [1.807, 2.05) is 49.4 Å². The van der Waals surface area contributed by atoms with Gasteiger partial charge >= 0.3 is 0 Å². The number of carbonyl (C=O) groups is 1. The van der Waals surface area contributed by atoms with E-state index >= 15 is 0 Å². The predicted molar refractivity (Wildman–Crippen MR) is 76.7 cm³/mol. The number of aldehydes is 1. The number of carbonyl (C=O) groups excluding carboxylic acids is 1. The molecule has 1 atom stereocenters. The van der Waals surface area contributed by atoms with E-state index in [2.05, 4.69) is 6.07 Å². The SMILES string of the molecule is COc1ccc(CC(C=O)c2cccc(C)c2)cc1. The van der Waals surface area contributed by atoms with Crippen LogP contribution >= 0.6 is 0 Å². The van der Waals surface area contributed by atoms with Crippen molar-refractivity contribution in [3.05, 3.63) is 65.2 Å². The summed E-state index contributed by atoms with van der Waals surface area (Å²) < 4.78 is 5.13. The van der Waals surface area contributed by atoms with Crippen LogP contribution in [0.2, 0.25) is 0 Å². The summed E-state index contributed by atoms with van der Waals surface area (Å²) in [7, 11) is 1.65. The molecule has 98 valence electrons. The standard InChI is InChI=1S/C17H18O2/c1-13-4-3-5-15(10-13)16(12-18)11-14-6-8-17(19-2)9-7-14/h3-10,12,16H,11H2,1-2H3. The summed E-state index contributed by atoms with van der Waals surface area (Å²) in [6.07, 6.45) is 1.75. The highest BCUT2D eigenvalue weighted by Crippen LogP contribution is 2.21. The molecule has 0 bridgehead atoms. The average Bonchev–Trinajstić information content (AvgIpc) is 2.45. The number of hydrogen-bond acceptors (Lipinski definition) is 2. The summed E-state index contributed by atoms with van der Waals surface area (Å²) in [4.78, 5) is 11.3. The maximum absolute atomic E-state index is 11.3. The van der Waals surface area contributed by atoms with Crippen LogP contribution in [0.3, 0.4) is 0 Å². The largest absolute Gasteiger partial charge is 0.497 e. The van der Waals surface area contributed by atoms with Crippen LogP contribution in [0, 0.1) is 6.92 Å². The molecular weight excluding hydrogens is 236 g/mol. The van der Waals surface area contributed by atoms with Crippen LogP contribution in [0.4, 0.5) is 0 Å². The van der Waals surface area contributed by atoms with Crippen molar-refractivity contribution in [2.75, 3.05) is 7.11 Å². The Bertz CT molecular complexity index is 543. The van der Waals surface area contributed by atoms with Crippen LogP contribution in [-0.4, -0.2) is 13.4 Å². The van der Waals surface area contributed by atoms with Crippen molar-refractivity contribution in [2.45, 2.75) is 19.3 Å². The van der Waals surface area contributed by atoms with Gasteiger partial charge in [0.05, 0.1) is 7.11 Å². The van der Waals surface area contributed by atoms with Gasteiger partial charge in [0.15, 0.2) is 0 Å². The third-order valence-electron chi connectivity index (χ3n) is 3.25. The van der Waals surface area contributed by atoms with Gasteiger partial charge in [-0.3, -0.25) is 0 Å². The molecular formula is C17H18O2. The molecule has 0 fully saturated rings. The van der Waals surface area contributed by atoms with Crippen molar-refractivity contribution < 1.29 is 9.53 Å². The van der Waals surface area contributed by atoms with Crippen molar-refractivity contribution in [1.29, 1.82) is 0 Å². The van der Waals surface area contributed by atoms with Crippen LogP contribution in [0.5, 0.6) is 5.75 Å². The maximum atomic E-state index is 11.3. The predicted octanol–water partition coefficient (Wildman–Crippen LogP) is 3.53. The summed E-state index contributed by atoms with van der Waals surface area (Å²) in [5, 5.41) is 0. The molecule has 0 saturated carbocycles. The lowest BCUT2D eigenvalue weighted by Gasteiger charge is -2.12. The van der Waals surface area contributed by atoms with E-state index < -0.39 is 0 Å². The average molecular weight is 254 g/mol. The topological polar surface area (TPSA) is 26.3 Å². The Labute approximate surface area is 114 Å². The molecule has 0 aliphatic rings. The van der Waals surface area contributed by atoms with Crippen LogP contribution in [0.25, 0.3) is 0 Å². The Morgan fingerprint density at radius 1 is 1.16 bits per heavy atom. The van der Waals surface area contributed by atoms with Gasteiger partial charge in [-0.15, -0.1) is 0 Å². The molecule has 2 nitrogen and oxygen atoms in total. The van der Waals surface area contributed by atoms with Crippen molar-refractivity contribution in [3.63, 3.8) is 0 Å². The van der Waals surface area contributed by atoms with Gasteiger partial charge in [0, 0.05) is 5.92 Å². The minimum Gasteiger partial charge on any atom is -0.497 e. The molecule has 2 aromatic carbocycles. The molecule has 0 saturated heterocycles. The van der Waals surface area contributed by atoms with Crippen LogP contribution in [-0.2, 0) is 11.2 Å². The van der Waals surface area contributed by atoms with Crippen molar-refractivity contribution in [2.24, 2.45) is 0 Å². The minimum absolute atomic E-state index is 0.0895. The zero-order chi connectivity index (χ0) is 13.7. The Morgan fingerprint density at radius 2 is 1.89 bits per heavy atom. The molecule has 2 heteroatoms. The van der Waals surface area contributed by atoms with Gasteiger partial charge in [-0.2, -0.15) is 0 Å². The molecule has 2 aromatic rings. The number of aryl methyl sites for hydroxylation is 1. The van der Waals surface area contributed by atoms with Crippen LogP contribution < -0.4 is 4.74 Å². The quantitative estimate of drug-likeness (QED) is 0.763. The lowest BCUT2D eigenvalue weighted by atomic mass is 9.92. The highest BCUT2D eigenvalue weighted by Gasteiger charge is 2.11. The first-order valence-corrected chi connectivity index (χ1v) is 6.37. The molecule has 2 rings (SSSR count). The number of methoxy groups -OCH3 is 1. The van der Waals surface area contributed by atoms with E-state index in [-0.39, 0.29) is 5.92 Å². The second-order valence-corrected chi connectivity index (χ2v) is 4.71. The molecule has 19 heavy (non-hydrogen) atoms. The van der Waals surface area contributed by atoms with Gasteiger partial charge < -0.3 is 9.53 Å². The molecule has 0 aliphatic heterocycles. The first-order valence-electron chi connectivity index (χ1n) is 6.37. The van der Waals surface area contributed by atoms with Gasteiger partial charge in [0.2, 0.25) is 0 Å². The van der Waals surface area contributed by atoms with E-state index in [0.29, 0.717) is 0 Å². The molecule has 1 unspecified atom stereocenters. The zero-order valence-corrected chi connectivity index (χ0v) is 11.3. The van der Waals surface area contributed by atoms with E-state index in [0.717, 1.165) is 29.6 Å². The van der Waals surface area contributed by atoms with Gasteiger partial charge in [0.25, 0.3) is 0 Å². The van der Waals surface area contributed by atoms with E-state index in [4.69, 9.17) is 4.74 Å². The fraction of sp³-hybridized carbons (Fsp3) is 0.235. The smallest absolute Gasteiger partial charge is 0.127 e. The van der Waals surface area contributed by atoms with Gasteiger partial charge in [-0.1, -0.05) is 42.0 Å². The fourth-order valence-electron chi connectivity index (χ4n) is 2.16. The molecule has 0 N–H and O–H groups in total. The minimum atomic E-state index is -0.0895.